The number of amides is 1. The van der Waals surface area contributed by atoms with Crippen LogP contribution in [0.3, 0.4) is 0 Å². The van der Waals surface area contributed by atoms with E-state index < -0.39 is 29.3 Å². The van der Waals surface area contributed by atoms with Crippen molar-refractivity contribution in [3.8, 4) is 11.3 Å². The summed E-state index contributed by atoms with van der Waals surface area (Å²) in [6.07, 6.45) is -5.81. The van der Waals surface area contributed by atoms with Gasteiger partial charge in [-0.1, -0.05) is 12.1 Å². The molecule has 8 heteroatoms. The maximum absolute atomic E-state index is 13.0. The topological polar surface area (TPSA) is 62.5 Å². The molecule has 0 bridgehead atoms. The molecule has 2 aromatic heterocycles. The van der Waals surface area contributed by atoms with E-state index in [0.717, 1.165) is 17.7 Å². The van der Waals surface area contributed by atoms with E-state index in [4.69, 9.17) is 4.42 Å². The Bertz CT molecular complexity index is 887. The molecule has 3 aromatic rings. The predicted molar refractivity (Wildman–Crippen MR) is 90.8 cm³/mol. The van der Waals surface area contributed by atoms with Gasteiger partial charge in [-0.25, -0.2) is 0 Å². The first-order valence-corrected chi connectivity index (χ1v) is 8.55. The van der Waals surface area contributed by atoms with Crippen LogP contribution in [0, 0.1) is 0 Å². The number of halogens is 3. The van der Waals surface area contributed by atoms with Crippen LogP contribution in [0.2, 0.25) is 0 Å². The second kappa shape index (κ2) is 7.35. The van der Waals surface area contributed by atoms with Crippen molar-refractivity contribution in [1.82, 2.24) is 5.32 Å². The predicted octanol–water partition coefficient (Wildman–Crippen LogP) is 4.49. The van der Waals surface area contributed by atoms with Crippen LogP contribution in [0.1, 0.15) is 27.8 Å². The molecule has 0 unspecified atom stereocenters. The molecule has 1 amide bonds. The van der Waals surface area contributed by atoms with Crippen LogP contribution >= 0.6 is 11.3 Å². The summed E-state index contributed by atoms with van der Waals surface area (Å²) in [5, 5.41) is 16.2. The second-order valence-electron chi connectivity index (χ2n) is 5.48. The number of thiophene rings is 1. The number of aliphatic hydroxyl groups excluding tert-OH is 1. The van der Waals surface area contributed by atoms with Gasteiger partial charge in [0.05, 0.1) is 17.7 Å². The Balaban J connectivity index is 1.67. The van der Waals surface area contributed by atoms with Crippen molar-refractivity contribution in [2.75, 3.05) is 6.54 Å². The minimum atomic E-state index is -4.64. The Labute approximate surface area is 150 Å². The number of hydrogen-bond acceptors (Lipinski definition) is 4. The van der Waals surface area contributed by atoms with Crippen molar-refractivity contribution in [3.05, 3.63) is 70.1 Å². The lowest BCUT2D eigenvalue weighted by atomic mass is 10.1. The minimum absolute atomic E-state index is 0.218. The first kappa shape index (κ1) is 18.2. The van der Waals surface area contributed by atoms with Crippen molar-refractivity contribution in [1.29, 1.82) is 0 Å². The van der Waals surface area contributed by atoms with Gasteiger partial charge in [-0.2, -0.15) is 24.5 Å². The summed E-state index contributed by atoms with van der Waals surface area (Å²) in [4.78, 5) is 12.1. The maximum Gasteiger partial charge on any atom is 0.417 e. The van der Waals surface area contributed by atoms with Gasteiger partial charge < -0.3 is 14.8 Å². The molecule has 1 atom stereocenters. The molecule has 2 N–H and O–H groups in total. The number of alkyl halides is 3. The molecule has 0 aliphatic rings. The summed E-state index contributed by atoms with van der Waals surface area (Å²) < 4.78 is 44.4. The van der Waals surface area contributed by atoms with Gasteiger partial charge in [-0.3, -0.25) is 4.79 Å². The third kappa shape index (κ3) is 3.97. The molecule has 26 heavy (non-hydrogen) atoms. The monoisotopic (exact) mass is 381 g/mol. The molecule has 0 saturated heterocycles. The van der Waals surface area contributed by atoms with E-state index >= 15 is 0 Å². The number of benzene rings is 1. The summed E-state index contributed by atoms with van der Waals surface area (Å²) in [7, 11) is 0. The molecule has 0 aliphatic heterocycles. The fraction of sp³-hybridized carbons (Fsp3) is 0.167. The Morgan fingerprint density at radius 3 is 2.65 bits per heavy atom. The highest BCUT2D eigenvalue weighted by molar-refractivity contribution is 7.08. The van der Waals surface area contributed by atoms with Crippen LogP contribution in [0.5, 0.6) is 0 Å². The Kier molecular flexibility index (Phi) is 5.15. The van der Waals surface area contributed by atoms with Crippen LogP contribution in [0.15, 0.2) is 57.6 Å². The molecular weight excluding hydrogens is 367 g/mol. The van der Waals surface area contributed by atoms with Gasteiger partial charge in [0.15, 0.2) is 0 Å². The van der Waals surface area contributed by atoms with Crippen molar-refractivity contribution < 1.29 is 27.5 Å². The van der Waals surface area contributed by atoms with Gasteiger partial charge in [-0.15, -0.1) is 0 Å². The van der Waals surface area contributed by atoms with E-state index in [1.165, 1.54) is 23.5 Å². The van der Waals surface area contributed by atoms with Gasteiger partial charge in [0.25, 0.3) is 5.91 Å². The molecule has 0 aliphatic carbocycles. The molecule has 4 nitrogen and oxygen atoms in total. The zero-order chi connectivity index (χ0) is 18.7. The highest BCUT2D eigenvalue weighted by atomic mass is 32.1. The van der Waals surface area contributed by atoms with Gasteiger partial charge in [-0.05, 0) is 35.7 Å². The van der Waals surface area contributed by atoms with Crippen molar-refractivity contribution in [2.24, 2.45) is 0 Å². The smallest absolute Gasteiger partial charge is 0.417 e. The molecule has 2 heterocycles. The van der Waals surface area contributed by atoms with Crippen molar-refractivity contribution >= 4 is 17.2 Å². The third-order valence-electron chi connectivity index (χ3n) is 3.69. The number of aliphatic hydroxyl groups is 1. The second-order valence-corrected chi connectivity index (χ2v) is 6.26. The molecule has 0 saturated carbocycles. The molecule has 1 aromatic carbocycles. The third-order valence-corrected chi connectivity index (χ3v) is 4.38. The summed E-state index contributed by atoms with van der Waals surface area (Å²) in [5.74, 6) is -0.133. The zero-order valence-electron chi connectivity index (χ0n) is 13.3. The first-order valence-electron chi connectivity index (χ1n) is 7.61. The average molecular weight is 381 g/mol. The fourth-order valence-electron chi connectivity index (χ4n) is 2.41. The number of nitrogens with one attached hydrogen (secondary N) is 1. The number of rotatable bonds is 5. The lowest BCUT2D eigenvalue weighted by Gasteiger charge is -2.14. The number of carbonyl (C=O) groups is 1. The fourth-order valence-corrected chi connectivity index (χ4v) is 3.05. The quantitative estimate of drug-likeness (QED) is 0.685. The molecule has 0 radical (unpaired) electrons. The van der Waals surface area contributed by atoms with Gasteiger partial charge in [0.2, 0.25) is 0 Å². The Morgan fingerprint density at radius 1 is 1.19 bits per heavy atom. The number of carbonyl (C=O) groups excluding carboxylic acids is 1. The lowest BCUT2D eigenvalue weighted by Crippen LogP contribution is -2.30. The first-order chi connectivity index (χ1) is 12.4. The van der Waals surface area contributed by atoms with E-state index in [1.54, 1.807) is 12.1 Å². The molecule has 136 valence electrons. The van der Waals surface area contributed by atoms with Gasteiger partial charge >= 0.3 is 6.18 Å². The number of hydrogen-bond donors (Lipinski definition) is 2. The van der Waals surface area contributed by atoms with Crippen LogP contribution in [0.4, 0.5) is 13.2 Å². The van der Waals surface area contributed by atoms with Crippen molar-refractivity contribution in [3.63, 3.8) is 0 Å². The summed E-state index contributed by atoms with van der Waals surface area (Å²) in [6, 6.07) is 9.59. The SMILES string of the molecule is O=C(NC[C@@H](O)c1ccc(-c2ccsc2)o1)c1ccccc1C(F)(F)F. The molecule has 3 rings (SSSR count). The van der Waals surface area contributed by atoms with Gasteiger partial charge in [0.1, 0.15) is 17.6 Å². The average Bonchev–Trinajstić information content (AvgIpc) is 3.29. The molecule has 0 fully saturated rings. The lowest BCUT2D eigenvalue weighted by molar-refractivity contribution is -0.137. The van der Waals surface area contributed by atoms with Crippen LogP contribution in [-0.2, 0) is 6.18 Å². The summed E-state index contributed by atoms with van der Waals surface area (Å²) in [5.41, 5.74) is -0.660. The van der Waals surface area contributed by atoms with E-state index in [9.17, 15) is 23.1 Å². The zero-order valence-corrected chi connectivity index (χ0v) is 14.1. The highest BCUT2D eigenvalue weighted by Gasteiger charge is 2.34. The highest BCUT2D eigenvalue weighted by Crippen LogP contribution is 2.32. The van der Waals surface area contributed by atoms with E-state index in [2.05, 4.69) is 5.32 Å². The summed E-state index contributed by atoms with van der Waals surface area (Å²) >= 11 is 1.50. The van der Waals surface area contributed by atoms with E-state index in [0.29, 0.717) is 5.76 Å². The maximum atomic E-state index is 13.0. The van der Waals surface area contributed by atoms with Crippen LogP contribution < -0.4 is 5.32 Å². The standard InChI is InChI=1S/C18H14F3NO3S/c19-18(20,21)13-4-2-1-3-12(13)17(24)22-9-14(23)16-6-5-15(25-16)11-7-8-26-10-11/h1-8,10,14,23H,9H2,(H,22,24)/t14-/m1/s1. The Morgan fingerprint density at radius 2 is 1.96 bits per heavy atom. The molecule has 0 spiro atoms. The van der Waals surface area contributed by atoms with Gasteiger partial charge in [0, 0.05) is 10.9 Å². The summed E-state index contributed by atoms with van der Waals surface area (Å²) in [6.45, 7) is -0.276. The van der Waals surface area contributed by atoms with Crippen LogP contribution in [-0.4, -0.2) is 17.6 Å². The minimum Gasteiger partial charge on any atom is -0.458 e. The Hall–Kier alpha value is -2.58. The van der Waals surface area contributed by atoms with E-state index in [-0.39, 0.29) is 12.3 Å². The molecular formula is C18H14F3NO3S. The largest absolute Gasteiger partial charge is 0.458 e. The normalized spacial score (nSPS) is 12.8. The van der Waals surface area contributed by atoms with E-state index in [1.807, 2.05) is 16.8 Å². The number of furan rings is 1. The van der Waals surface area contributed by atoms with Crippen LogP contribution in [0.25, 0.3) is 11.3 Å². The van der Waals surface area contributed by atoms with Crippen molar-refractivity contribution in [2.45, 2.75) is 12.3 Å².